The number of hydrogen-bond donors (Lipinski definition) is 0. The maximum Gasteiger partial charge on any atom is 0.339 e. The van der Waals surface area contributed by atoms with E-state index in [0.717, 1.165) is 0 Å². The van der Waals surface area contributed by atoms with Crippen LogP contribution in [0.3, 0.4) is 0 Å². The number of aromatic nitrogens is 1. The average molecular weight is 380 g/mol. The summed E-state index contributed by atoms with van der Waals surface area (Å²) in [6, 6.07) is 15.0. The molecule has 5 nitrogen and oxygen atoms in total. The third-order valence-electron chi connectivity index (χ3n) is 4.38. The largest absolute Gasteiger partial charge is 0.449 e. The molecule has 0 bridgehead atoms. The first-order valence-electron chi connectivity index (χ1n) is 8.92. The predicted octanol–water partition coefficient (Wildman–Crippen LogP) is 3.89. The van der Waals surface area contributed by atoms with Gasteiger partial charge in [0.1, 0.15) is 5.82 Å². The molecule has 0 spiro atoms. The van der Waals surface area contributed by atoms with Gasteiger partial charge in [0.05, 0.1) is 11.1 Å². The van der Waals surface area contributed by atoms with Crippen molar-refractivity contribution in [2.45, 2.75) is 26.5 Å². The molecule has 1 atom stereocenters. The van der Waals surface area contributed by atoms with Gasteiger partial charge in [-0.05, 0) is 43.7 Å². The van der Waals surface area contributed by atoms with Gasteiger partial charge in [0, 0.05) is 24.7 Å². The Morgan fingerprint density at radius 2 is 1.89 bits per heavy atom. The molecule has 0 unspecified atom stereocenters. The van der Waals surface area contributed by atoms with Crippen molar-refractivity contribution in [3.05, 3.63) is 77.2 Å². The molecule has 0 aliphatic rings. The van der Waals surface area contributed by atoms with E-state index >= 15 is 0 Å². The van der Waals surface area contributed by atoms with Gasteiger partial charge in [0.2, 0.25) is 0 Å². The minimum absolute atomic E-state index is 0.218. The lowest BCUT2D eigenvalue weighted by molar-refractivity contribution is -0.139. The van der Waals surface area contributed by atoms with Gasteiger partial charge in [-0.3, -0.25) is 9.78 Å². The number of halogens is 1. The number of ether oxygens (including phenoxy) is 1. The molecule has 0 fully saturated rings. The van der Waals surface area contributed by atoms with Crippen LogP contribution in [0.2, 0.25) is 0 Å². The summed E-state index contributed by atoms with van der Waals surface area (Å²) < 4.78 is 18.7. The summed E-state index contributed by atoms with van der Waals surface area (Å²) >= 11 is 0. The van der Waals surface area contributed by atoms with Crippen LogP contribution in [0.15, 0.2) is 54.6 Å². The summed E-state index contributed by atoms with van der Waals surface area (Å²) in [5.41, 5.74) is 2.41. The Kier molecular flexibility index (Phi) is 5.68. The fraction of sp³-hybridized carbons (Fsp3) is 0.227. The number of rotatable bonds is 5. The lowest BCUT2D eigenvalue weighted by Gasteiger charge is -2.22. The normalized spacial score (nSPS) is 11.9. The number of hydrogen-bond acceptors (Lipinski definition) is 4. The van der Waals surface area contributed by atoms with Crippen LogP contribution in [-0.2, 0) is 16.1 Å². The predicted molar refractivity (Wildman–Crippen MR) is 104 cm³/mol. The van der Waals surface area contributed by atoms with E-state index in [9.17, 15) is 14.0 Å². The molecule has 144 valence electrons. The number of carbonyl (C=O) groups excluding carboxylic acids is 2. The first kappa shape index (κ1) is 19.5. The minimum Gasteiger partial charge on any atom is -0.449 e. The molecule has 1 amide bonds. The fourth-order valence-corrected chi connectivity index (χ4v) is 3.05. The van der Waals surface area contributed by atoms with Gasteiger partial charge >= 0.3 is 5.97 Å². The Labute approximate surface area is 162 Å². The second kappa shape index (κ2) is 8.17. The van der Waals surface area contributed by atoms with Crippen molar-refractivity contribution in [2.75, 3.05) is 7.05 Å². The smallest absolute Gasteiger partial charge is 0.339 e. The first-order valence-corrected chi connectivity index (χ1v) is 8.92. The van der Waals surface area contributed by atoms with Crippen molar-refractivity contribution in [2.24, 2.45) is 0 Å². The third kappa shape index (κ3) is 4.34. The van der Waals surface area contributed by atoms with Crippen LogP contribution in [0.1, 0.15) is 28.5 Å². The lowest BCUT2D eigenvalue weighted by Crippen LogP contribution is -2.37. The molecular weight excluding hydrogens is 359 g/mol. The SMILES string of the molecule is Cc1cc(C(=O)O[C@H](C)C(=O)N(C)Cc2cccc(F)c2)c2ccccc2n1. The Morgan fingerprint density at radius 3 is 2.64 bits per heavy atom. The van der Waals surface area contributed by atoms with Crippen molar-refractivity contribution in [3.63, 3.8) is 0 Å². The number of pyridine rings is 1. The Bertz CT molecular complexity index is 1040. The van der Waals surface area contributed by atoms with E-state index in [1.807, 2.05) is 18.2 Å². The molecule has 28 heavy (non-hydrogen) atoms. The zero-order valence-corrected chi connectivity index (χ0v) is 16.0. The number of likely N-dealkylation sites (N-methyl/N-ethyl adjacent to an activating group) is 1. The highest BCUT2D eigenvalue weighted by Crippen LogP contribution is 2.20. The molecule has 1 aromatic heterocycles. The maximum absolute atomic E-state index is 13.3. The van der Waals surface area contributed by atoms with Crippen molar-refractivity contribution in [1.82, 2.24) is 9.88 Å². The molecule has 0 saturated carbocycles. The van der Waals surface area contributed by atoms with Crippen molar-refractivity contribution < 1.29 is 18.7 Å². The molecule has 3 rings (SSSR count). The van der Waals surface area contributed by atoms with Gasteiger partial charge in [0.15, 0.2) is 6.10 Å². The molecule has 6 heteroatoms. The van der Waals surface area contributed by atoms with Crippen molar-refractivity contribution in [1.29, 1.82) is 0 Å². The van der Waals surface area contributed by atoms with Crippen LogP contribution < -0.4 is 0 Å². The molecule has 0 saturated heterocycles. The zero-order chi connectivity index (χ0) is 20.3. The third-order valence-corrected chi connectivity index (χ3v) is 4.38. The topological polar surface area (TPSA) is 59.5 Å². The zero-order valence-electron chi connectivity index (χ0n) is 16.0. The Morgan fingerprint density at radius 1 is 1.14 bits per heavy atom. The number of nitrogens with zero attached hydrogens (tertiary/aromatic N) is 2. The molecule has 0 radical (unpaired) electrons. The van der Waals surface area contributed by atoms with Crippen molar-refractivity contribution in [3.8, 4) is 0 Å². The number of para-hydroxylation sites is 1. The lowest BCUT2D eigenvalue weighted by atomic mass is 10.1. The van der Waals surface area contributed by atoms with Crippen LogP contribution in [0, 0.1) is 12.7 Å². The van der Waals surface area contributed by atoms with Crippen LogP contribution in [0.25, 0.3) is 10.9 Å². The van der Waals surface area contributed by atoms with Gasteiger partial charge in [-0.1, -0.05) is 30.3 Å². The van der Waals surface area contributed by atoms with Crippen LogP contribution in [0.4, 0.5) is 4.39 Å². The monoisotopic (exact) mass is 380 g/mol. The molecule has 0 aliphatic carbocycles. The molecule has 0 aliphatic heterocycles. The van der Waals surface area contributed by atoms with E-state index in [0.29, 0.717) is 27.7 Å². The summed E-state index contributed by atoms with van der Waals surface area (Å²) in [7, 11) is 1.59. The maximum atomic E-state index is 13.3. The van der Waals surface area contributed by atoms with Gasteiger partial charge in [0.25, 0.3) is 5.91 Å². The Hall–Kier alpha value is -3.28. The first-order chi connectivity index (χ1) is 13.3. The summed E-state index contributed by atoms with van der Waals surface area (Å²) in [6.45, 7) is 3.54. The molecular formula is C22H21FN2O3. The van der Waals surface area contributed by atoms with E-state index in [4.69, 9.17) is 4.74 Å². The number of aryl methyl sites for hydroxylation is 1. The second-order valence-corrected chi connectivity index (χ2v) is 6.70. The quantitative estimate of drug-likeness (QED) is 0.630. The number of amides is 1. The standard InChI is InChI=1S/C22H21FN2O3/c1-14-11-19(18-9-4-5-10-20(18)24-14)22(27)28-15(2)21(26)25(3)13-16-7-6-8-17(23)12-16/h4-12,15H,13H2,1-3H3/t15-/m1/s1. The number of fused-ring (bicyclic) bond motifs is 1. The van der Waals surface area contributed by atoms with Crippen molar-refractivity contribution >= 4 is 22.8 Å². The molecule has 3 aromatic rings. The summed E-state index contributed by atoms with van der Waals surface area (Å²) in [5, 5.41) is 0.672. The van der Waals surface area contributed by atoms with Gasteiger partial charge in [-0.2, -0.15) is 0 Å². The number of esters is 1. The summed E-state index contributed by atoms with van der Waals surface area (Å²) in [4.78, 5) is 31.1. The highest BCUT2D eigenvalue weighted by Gasteiger charge is 2.23. The van der Waals surface area contributed by atoms with E-state index in [1.165, 1.54) is 24.0 Å². The van der Waals surface area contributed by atoms with Crippen LogP contribution in [0.5, 0.6) is 0 Å². The van der Waals surface area contributed by atoms with Gasteiger partial charge in [-0.25, -0.2) is 9.18 Å². The second-order valence-electron chi connectivity index (χ2n) is 6.70. The highest BCUT2D eigenvalue weighted by atomic mass is 19.1. The van der Waals surface area contributed by atoms with Gasteiger partial charge in [-0.15, -0.1) is 0 Å². The summed E-state index contributed by atoms with van der Waals surface area (Å²) in [6.07, 6.45) is -0.974. The fourth-order valence-electron chi connectivity index (χ4n) is 3.05. The van der Waals surface area contributed by atoms with E-state index in [-0.39, 0.29) is 18.3 Å². The minimum atomic E-state index is -0.974. The molecule has 0 N–H and O–H groups in total. The van der Waals surface area contributed by atoms with Gasteiger partial charge < -0.3 is 9.64 Å². The number of benzene rings is 2. The van der Waals surface area contributed by atoms with E-state index in [2.05, 4.69) is 4.98 Å². The Balaban J connectivity index is 1.72. The van der Waals surface area contributed by atoms with Crippen LogP contribution in [-0.4, -0.2) is 34.9 Å². The summed E-state index contributed by atoms with van der Waals surface area (Å²) in [5.74, 6) is -1.31. The molecule has 1 heterocycles. The number of carbonyl (C=O) groups is 2. The average Bonchev–Trinajstić information content (AvgIpc) is 2.66. The highest BCUT2D eigenvalue weighted by molar-refractivity contribution is 6.04. The molecule has 2 aromatic carbocycles. The van der Waals surface area contributed by atoms with E-state index in [1.54, 1.807) is 38.2 Å². The van der Waals surface area contributed by atoms with E-state index < -0.39 is 12.1 Å². The van der Waals surface area contributed by atoms with Crippen LogP contribution >= 0.6 is 0 Å².